The first kappa shape index (κ1) is 15.6. The fourth-order valence-corrected chi connectivity index (χ4v) is 5.03. The van der Waals surface area contributed by atoms with E-state index in [2.05, 4.69) is 0 Å². The van der Waals surface area contributed by atoms with Crippen molar-refractivity contribution in [3.8, 4) is 10.4 Å². The number of benzene rings is 1. The SMILES string of the molecule is O=C(O)N(c1ccsc1-c1ccccc1)C12CC[N+](O)(CC1)CC2. The number of thiophene rings is 1. The molecule has 126 valence electrons. The number of anilines is 1. The number of fused-ring (bicyclic) bond motifs is 3. The van der Waals surface area contributed by atoms with Gasteiger partial charge in [-0.3, -0.25) is 4.90 Å². The first-order valence-corrected chi connectivity index (χ1v) is 9.16. The highest BCUT2D eigenvalue weighted by Gasteiger charge is 2.54. The van der Waals surface area contributed by atoms with E-state index in [1.165, 1.54) is 0 Å². The summed E-state index contributed by atoms with van der Waals surface area (Å²) >= 11 is 1.58. The van der Waals surface area contributed by atoms with Gasteiger partial charge in [0, 0.05) is 19.3 Å². The number of hydrogen-bond donors (Lipinski definition) is 2. The highest BCUT2D eigenvalue weighted by atomic mass is 32.1. The average molecular weight is 345 g/mol. The van der Waals surface area contributed by atoms with Crippen LogP contribution in [-0.4, -0.2) is 46.2 Å². The fraction of sp³-hybridized carbons (Fsp3) is 0.389. The lowest BCUT2D eigenvalue weighted by atomic mass is 9.78. The van der Waals surface area contributed by atoms with Crippen molar-refractivity contribution < 1.29 is 19.8 Å². The standard InChI is InChI=1S/C18H20N2O3S/c21-17(22)19(18-7-10-20(23,11-8-18)12-9-18)15-6-13-24-16(15)14-4-2-1-3-5-14/h1-6,13,23H,7-12H2/p+1. The van der Waals surface area contributed by atoms with Gasteiger partial charge in [-0.05, 0) is 17.0 Å². The molecule has 0 unspecified atom stereocenters. The second-order valence-corrected chi connectivity index (χ2v) is 7.78. The van der Waals surface area contributed by atoms with Crippen molar-refractivity contribution in [2.45, 2.75) is 24.8 Å². The zero-order valence-corrected chi connectivity index (χ0v) is 14.2. The lowest BCUT2D eigenvalue weighted by molar-refractivity contribution is -1.11. The van der Waals surface area contributed by atoms with E-state index >= 15 is 0 Å². The van der Waals surface area contributed by atoms with Gasteiger partial charge in [-0.25, -0.2) is 10.0 Å². The van der Waals surface area contributed by atoms with Crippen LogP contribution < -0.4 is 4.90 Å². The molecule has 3 aliphatic heterocycles. The van der Waals surface area contributed by atoms with Crippen LogP contribution in [0.15, 0.2) is 41.8 Å². The molecule has 3 saturated heterocycles. The van der Waals surface area contributed by atoms with Gasteiger partial charge in [-0.2, -0.15) is 4.65 Å². The van der Waals surface area contributed by atoms with Crippen LogP contribution in [-0.2, 0) is 0 Å². The van der Waals surface area contributed by atoms with Gasteiger partial charge in [0.2, 0.25) is 0 Å². The molecule has 0 aliphatic carbocycles. The number of nitrogens with zero attached hydrogens (tertiary/aromatic N) is 2. The Balaban J connectivity index is 1.76. The van der Waals surface area contributed by atoms with E-state index in [0.717, 1.165) is 16.1 Å². The van der Waals surface area contributed by atoms with E-state index < -0.39 is 6.09 Å². The second kappa shape index (κ2) is 5.58. The predicted molar refractivity (Wildman–Crippen MR) is 93.5 cm³/mol. The molecule has 0 atom stereocenters. The van der Waals surface area contributed by atoms with Crippen LogP contribution in [0.4, 0.5) is 10.5 Å². The van der Waals surface area contributed by atoms with E-state index in [1.54, 1.807) is 16.2 Å². The first-order valence-electron chi connectivity index (χ1n) is 8.28. The predicted octanol–water partition coefficient (Wildman–Crippen LogP) is 4.04. The Morgan fingerprint density at radius 1 is 1.08 bits per heavy atom. The summed E-state index contributed by atoms with van der Waals surface area (Å²) in [5.74, 6) is 0. The summed E-state index contributed by atoms with van der Waals surface area (Å²) in [6.45, 7) is 1.90. The molecule has 3 aliphatic rings. The molecular weight excluding hydrogens is 324 g/mol. The van der Waals surface area contributed by atoms with Crippen molar-refractivity contribution in [2.75, 3.05) is 24.5 Å². The van der Waals surface area contributed by atoms with Crippen LogP contribution in [0.5, 0.6) is 0 Å². The summed E-state index contributed by atoms with van der Waals surface area (Å²) in [5, 5.41) is 22.4. The number of piperidine rings is 3. The summed E-state index contributed by atoms with van der Waals surface area (Å²) < 4.78 is 0.102. The molecule has 0 radical (unpaired) electrons. The van der Waals surface area contributed by atoms with Crippen molar-refractivity contribution >= 4 is 23.1 Å². The number of quaternary nitrogens is 1. The monoisotopic (exact) mass is 345 g/mol. The minimum Gasteiger partial charge on any atom is -0.465 e. The fourth-order valence-electron chi connectivity index (χ4n) is 4.14. The smallest absolute Gasteiger partial charge is 0.412 e. The Labute approximate surface area is 144 Å². The molecule has 5 rings (SSSR count). The zero-order chi connectivity index (χ0) is 16.8. The summed E-state index contributed by atoms with van der Waals surface area (Å²) in [7, 11) is 0. The third kappa shape index (κ3) is 2.42. The number of hydroxylamine groups is 3. The maximum Gasteiger partial charge on any atom is 0.412 e. The maximum atomic E-state index is 12.2. The van der Waals surface area contributed by atoms with Gasteiger partial charge in [-0.15, -0.1) is 11.3 Å². The molecule has 2 bridgehead atoms. The molecule has 5 nitrogen and oxygen atoms in total. The molecule has 2 N–H and O–H groups in total. The van der Waals surface area contributed by atoms with Gasteiger partial charge in [0.1, 0.15) is 19.6 Å². The highest BCUT2D eigenvalue weighted by molar-refractivity contribution is 7.14. The zero-order valence-electron chi connectivity index (χ0n) is 13.4. The summed E-state index contributed by atoms with van der Waals surface area (Å²) in [6, 6.07) is 11.9. The lowest BCUT2D eigenvalue weighted by Crippen LogP contribution is -2.68. The quantitative estimate of drug-likeness (QED) is 0.825. The number of rotatable bonds is 3. The topological polar surface area (TPSA) is 60.8 Å². The Morgan fingerprint density at radius 2 is 1.71 bits per heavy atom. The van der Waals surface area contributed by atoms with Crippen molar-refractivity contribution in [3.05, 3.63) is 41.8 Å². The minimum absolute atomic E-state index is 0.102. The van der Waals surface area contributed by atoms with Gasteiger partial charge in [0.25, 0.3) is 0 Å². The van der Waals surface area contributed by atoms with Crippen LogP contribution in [0.3, 0.4) is 0 Å². The molecule has 4 heterocycles. The number of carboxylic acid groups (broad SMARTS) is 1. The van der Waals surface area contributed by atoms with Crippen LogP contribution in [0.2, 0.25) is 0 Å². The summed E-state index contributed by atoms with van der Waals surface area (Å²) in [5.41, 5.74) is 1.43. The third-order valence-electron chi connectivity index (χ3n) is 5.57. The molecular formula is C18H21N2O3S+. The van der Waals surface area contributed by atoms with Crippen LogP contribution in [0.25, 0.3) is 10.4 Å². The molecule has 1 aromatic heterocycles. The van der Waals surface area contributed by atoms with E-state index in [4.69, 9.17) is 0 Å². The van der Waals surface area contributed by atoms with Crippen molar-refractivity contribution in [3.63, 3.8) is 0 Å². The van der Waals surface area contributed by atoms with Gasteiger partial charge < -0.3 is 5.11 Å². The molecule has 1 aromatic carbocycles. The van der Waals surface area contributed by atoms with Crippen molar-refractivity contribution in [1.82, 2.24) is 0 Å². The third-order valence-corrected chi connectivity index (χ3v) is 6.52. The molecule has 0 spiro atoms. The van der Waals surface area contributed by atoms with Crippen molar-refractivity contribution in [2.24, 2.45) is 0 Å². The second-order valence-electron chi connectivity index (χ2n) is 6.86. The number of carbonyl (C=O) groups is 1. The highest BCUT2D eigenvalue weighted by Crippen LogP contribution is 2.46. The molecule has 6 heteroatoms. The van der Waals surface area contributed by atoms with Gasteiger partial charge in [-0.1, -0.05) is 30.3 Å². The molecule has 3 fully saturated rings. The van der Waals surface area contributed by atoms with Crippen molar-refractivity contribution in [1.29, 1.82) is 0 Å². The normalized spacial score (nSPS) is 28.7. The Bertz CT molecular complexity index is 734. The largest absolute Gasteiger partial charge is 0.465 e. The first-order chi connectivity index (χ1) is 11.5. The molecule has 24 heavy (non-hydrogen) atoms. The van der Waals surface area contributed by atoms with E-state index in [1.807, 2.05) is 41.8 Å². The molecule has 0 saturated carbocycles. The average Bonchev–Trinajstić information content (AvgIpc) is 3.06. The van der Waals surface area contributed by atoms with Crippen LogP contribution in [0.1, 0.15) is 19.3 Å². The number of amides is 1. The summed E-state index contributed by atoms with van der Waals surface area (Å²) in [4.78, 5) is 14.8. The maximum absolute atomic E-state index is 12.2. The van der Waals surface area contributed by atoms with Gasteiger partial charge in [0.05, 0.1) is 16.1 Å². The minimum atomic E-state index is -0.898. The van der Waals surface area contributed by atoms with Crippen LogP contribution in [0, 0.1) is 0 Å². The van der Waals surface area contributed by atoms with E-state index in [0.29, 0.717) is 38.9 Å². The van der Waals surface area contributed by atoms with Crippen LogP contribution >= 0.6 is 11.3 Å². The Morgan fingerprint density at radius 3 is 2.29 bits per heavy atom. The molecule has 2 aromatic rings. The van der Waals surface area contributed by atoms with E-state index in [-0.39, 0.29) is 10.2 Å². The lowest BCUT2D eigenvalue weighted by Gasteiger charge is -2.53. The Hall–Kier alpha value is -1.89. The number of hydrogen-bond acceptors (Lipinski definition) is 3. The Kier molecular flexibility index (Phi) is 3.63. The molecule has 1 amide bonds. The van der Waals surface area contributed by atoms with Gasteiger partial charge >= 0.3 is 6.09 Å². The summed E-state index contributed by atoms with van der Waals surface area (Å²) in [6.07, 6.45) is 1.23. The van der Waals surface area contributed by atoms with E-state index in [9.17, 15) is 15.1 Å². The van der Waals surface area contributed by atoms with Gasteiger partial charge in [0.15, 0.2) is 0 Å².